The molecule has 112 valence electrons. The maximum absolute atomic E-state index is 9.96. The molecule has 0 aromatic heterocycles. The van der Waals surface area contributed by atoms with E-state index in [1.165, 1.54) is 32.1 Å². The van der Waals surface area contributed by atoms with Gasteiger partial charge >= 0.3 is 0 Å². The maximum Gasteiger partial charge on any atom is 0.0799 e. The Kier molecular flexibility index (Phi) is 4.05. The molecule has 0 heterocycles. The van der Waals surface area contributed by atoms with E-state index in [2.05, 4.69) is 24.3 Å². The zero-order valence-electron chi connectivity index (χ0n) is 12.4. The average molecular weight is 276 g/mol. The van der Waals surface area contributed by atoms with Crippen LogP contribution in [0.25, 0.3) is 0 Å². The van der Waals surface area contributed by atoms with Gasteiger partial charge in [0.25, 0.3) is 0 Å². The summed E-state index contributed by atoms with van der Waals surface area (Å²) in [7, 11) is 0. The first-order chi connectivity index (χ1) is 9.68. The molecule has 3 aliphatic rings. The number of allylic oxidation sites excluding steroid dienone is 4. The van der Waals surface area contributed by atoms with Crippen LogP contribution in [-0.4, -0.2) is 22.4 Å². The molecule has 0 amide bonds. The van der Waals surface area contributed by atoms with Crippen LogP contribution in [0.15, 0.2) is 24.3 Å². The summed E-state index contributed by atoms with van der Waals surface area (Å²) < 4.78 is 0. The normalized spacial score (nSPS) is 45.5. The van der Waals surface area contributed by atoms with Gasteiger partial charge in [-0.05, 0) is 43.9 Å². The minimum atomic E-state index is -0.519. The first kappa shape index (κ1) is 14.3. The molecular formula is C18H28O2. The van der Waals surface area contributed by atoms with Crippen molar-refractivity contribution < 1.29 is 10.2 Å². The van der Waals surface area contributed by atoms with E-state index in [4.69, 9.17) is 0 Å². The Morgan fingerprint density at radius 1 is 0.750 bits per heavy atom. The Labute approximate surface area is 122 Å². The average Bonchev–Trinajstić information content (AvgIpc) is 2.93. The number of aliphatic hydroxyl groups excluding tert-OH is 2. The summed E-state index contributed by atoms with van der Waals surface area (Å²) in [6, 6.07) is 0. The fourth-order valence-electron chi connectivity index (χ4n) is 4.70. The summed E-state index contributed by atoms with van der Waals surface area (Å²) in [5.41, 5.74) is 0.742. The summed E-state index contributed by atoms with van der Waals surface area (Å²) in [5.74, 6) is 0. The standard InChI is InChI=1S/C18H28O2/c19-15-7-1-3-9-17-11-5-13-18(17,14-6-12-17)10-4-2-8-16(15)20/h5-6,11-12,15-16,19-20H,1-4,7-10,13-14H2/t15-,16-,17?,18?/m0/s1. The molecule has 1 saturated carbocycles. The van der Waals surface area contributed by atoms with Crippen molar-refractivity contribution in [2.24, 2.45) is 10.8 Å². The lowest BCUT2D eigenvalue weighted by Gasteiger charge is -2.41. The Bertz CT molecular complexity index is 380. The quantitative estimate of drug-likeness (QED) is 0.662. The highest BCUT2D eigenvalue weighted by Gasteiger charge is 2.51. The van der Waals surface area contributed by atoms with Crippen molar-refractivity contribution in [3.8, 4) is 0 Å². The van der Waals surface area contributed by atoms with E-state index in [1.54, 1.807) is 0 Å². The zero-order chi connectivity index (χ0) is 14.1. The van der Waals surface area contributed by atoms with Crippen molar-refractivity contribution >= 4 is 0 Å². The molecule has 1 fully saturated rings. The fraction of sp³-hybridized carbons (Fsp3) is 0.778. The van der Waals surface area contributed by atoms with Crippen LogP contribution in [0.5, 0.6) is 0 Å². The fourth-order valence-corrected chi connectivity index (χ4v) is 4.70. The topological polar surface area (TPSA) is 40.5 Å². The van der Waals surface area contributed by atoms with Crippen molar-refractivity contribution in [1.82, 2.24) is 0 Å². The number of hydrogen-bond acceptors (Lipinski definition) is 2. The smallest absolute Gasteiger partial charge is 0.0799 e. The lowest BCUT2D eigenvalue weighted by Crippen LogP contribution is -2.33. The lowest BCUT2D eigenvalue weighted by atomic mass is 9.62. The summed E-state index contributed by atoms with van der Waals surface area (Å²) in [6.07, 6.45) is 19.5. The third-order valence-corrected chi connectivity index (χ3v) is 6.02. The van der Waals surface area contributed by atoms with Crippen molar-refractivity contribution in [2.75, 3.05) is 0 Å². The second kappa shape index (κ2) is 5.65. The van der Waals surface area contributed by atoms with E-state index < -0.39 is 12.2 Å². The molecule has 0 aromatic carbocycles. The van der Waals surface area contributed by atoms with Gasteiger partial charge in [-0.25, -0.2) is 0 Å². The highest BCUT2D eigenvalue weighted by atomic mass is 16.3. The van der Waals surface area contributed by atoms with Crippen LogP contribution in [0.4, 0.5) is 0 Å². The van der Waals surface area contributed by atoms with Gasteiger partial charge in [-0.3, -0.25) is 0 Å². The van der Waals surface area contributed by atoms with Crippen molar-refractivity contribution in [2.45, 2.75) is 76.4 Å². The summed E-state index contributed by atoms with van der Waals surface area (Å²) in [6.45, 7) is 0. The monoisotopic (exact) mass is 276 g/mol. The van der Waals surface area contributed by atoms with Gasteiger partial charge in [0.05, 0.1) is 12.2 Å². The molecule has 3 aliphatic carbocycles. The molecule has 2 nitrogen and oxygen atoms in total. The second-order valence-corrected chi connectivity index (χ2v) is 7.16. The van der Waals surface area contributed by atoms with E-state index in [1.807, 2.05) is 0 Å². The van der Waals surface area contributed by atoms with E-state index >= 15 is 0 Å². The molecule has 2 heteroatoms. The first-order valence-corrected chi connectivity index (χ1v) is 8.39. The Morgan fingerprint density at radius 2 is 1.30 bits per heavy atom. The number of hydrogen-bond donors (Lipinski definition) is 2. The molecule has 0 bridgehead atoms. The molecule has 0 aliphatic heterocycles. The third-order valence-electron chi connectivity index (χ3n) is 6.02. The first-order valence-electron chi connectivity index (χ1n) is 8.39. The third kappa shape index (κ3) is 2.37. The van der Waals surface area contributed by atoms with Crippen molar-refractivity contribution in [3.63, 3.8) is 0 Å². The van der Waals surface area contributed by atoms with Gasteiger partial charge in [0.2, 0.25) is 0 Å². The minimum Gasteiger partial charge on any atom is -0.390 e. The molecule has 20 heavy (non-hydrogen) atoms. The highest BCUT2D eigenvalue weighted by molar-refractivity contribution is 5.30. The van der Waals surface area contributed by atoms with Crippen LogP contribution < -0.4 is 0 Å². The van der Waals surface area contributed by atoms with Gasteiger partial charge in [-0.2, -0.15) is 0 Å². The maximum atomic E-state index is 9.96. The molecule has 0 unspecified atom stereocenters. The van der Waals surface area contributed by atoms with Crippen LogP contribution in [0.3, 0.4) is 0 Å². The predicted octanol–water partition coefficient (Wildman–Crippen LogP) is 3.74. The molecular weight excluding hydrogens is 248 g/mol. The summed E-state index contributed by atoms with van der Waals surface area (Å²) >= 11 is 0. The second-order valence-electron chi connectivity index (χ2n) is 7.16. The van der Waals surface area contributed by atoms with Crippen LogP contribution in [0.1, 0.15) is 64.2 Å². The molecule has 2 N–H and O–H groups in total. The molecule has 2 atom stereocenters. The van der Waals surface area contributed by atoms with Crippen LogP contribution >= 0.6 is 0 Å². The molecule has 0 spiro atoms. The zero-order valence-corrected chi connectivity index (χ0v) is 12.4. The van der Waals surface area contributed by atoms with Gasteiger partial charge in [0, 0.05) is 5.41 Å². The Balaban J connectivity index is 1.73. The molecule has 0 aromatic rings. The summed E-state index contributed by atoms with van der Waals surface area (Å²) in [5, 5.41) is 19.9. The van der Waals surface area contributed by atoms with Crippen LogP contribution in [0, 0.1) is 10.8 Å². The Morgan fingerprint density at radius 3 is 1.90 bits per heavy atom. The van der Waals surface area contributed by atoms with E-state index in [9.17, 15) is 10.2 Å². The largest absolute Gasteiger partial charge is 0.390 e. The van der Waals surface area contributed by atoms with E-state index in [-0.39, 0.29) is 0 Å². The minimum absolute atomic E-state index is 0.301. The number of aliphatic hydroxyl groups is 2. The number of rotatable bonds is 0. The molecule has 0 radical (unpaired) electrons. The van der Waals surface area contributed by atoms with Gasteiger partial charge in [-0.15, -0.1) is 0 Å². The summed E-state index contributed by atoms with van der Waals surface area (Å²) in [4.78, 5) is 0. The highest BCUT2D eigenvalue weighted by Crippen LogP contribution is 2.61. The molecule has 0 saturated heterocycles. The van der Waals surface area contributed by atoms with Gasteiger partial charge in [0.1, 0.15) is 0 Å². The van der Waals surface area contributed by atoms with Crippen LogP contribution in [0.2, 0.25) is 0 Å². The molecule has 3 rings (SSSR count). The van der Waals surface area contributed by atoms with Gasteiger partial charge in [-0.1, -0.05) is 50.0 Å². The SMILES string of the molecule is O[C@H]1CCCCC23C=CCC2(CC=C3)CCCC[C@@H]1O. The van der Waals surface area contributed by atoms with Crippen molar-refractivity contribution in [1.29, 1.82) is 0 Å². The van der Waals surface area contributed by atoms with Gasteiger partial charge in [0.15, 0.2) is 0 Å². The van der Waals surface area contributed by atoms with Crippen LogP contribution in [-0.2, 0) is 0 Å². The lowest BCUT2D eigenvalue weighted by molar-refractivity contribution is 0.00414. The van der Waals surface area contributed by atoms with Gasteiger partial charge < -0.3 is 10.2 Å². The van der Waals surface area contributed by atoms with E-state index in [0.29, 0.717) is 10.8 Å². The van der Waals surface area contributed by atoms with E-state index in [0.717, 1.165) is 32.1 Å². The Hall–Kier alpha value is -0.600. The van der Waals surface area contributed by atoms with Crippen molar-refractivity contribution in [3.05, 3.63) is 24.3 Å². The predicted molar refractivity (Wildman–Crippen MR) is 81.3 cm³/mol.